The molecule has 5 heteroatoms. The SMILES string of the molecule is CCn1ccnc1COc1cccnc1F. The lowest BCUT2D eigenvalue weighted by Gasteiger charge is -2.07. The summed E-state index contributed by atoms with van der Waals surface area (Å²) in [6.07, 6.45) is 4.94. The third kappa shape index (κ3) is 2.18. The summed E-state index contributed by atoms with van der Waals surface area (Å²) in [4.78, 5) is 7.63. The zero-order chi connectivity index (χ0) is 11.4. The summed E-state index contributed by atoms with van der Waals surface area (Å²) in [5.41, 5.74) is 0. The molecule has 0 unspecified atom stereocenters. The molecule has 0 saturated carbocycles. The Morgan fingerprint density at radius 2 is 2.25 bits per heavy atom. The topological polar surface area (TPSA) is 39.9 Å². The number of hydrogen-bond acceptors (Lipinski definition) is 3. The van der Waals surface area contributed by atoms with Crippen molar-refractivity contribution in [3.63, 3.8) is 0 Å². The maximum atomic E-state index is 13.1. The smallest absolute Gasteiger partial charge is 0.255 e. The van der Waals surface area contributed by atoms with E-state index in [2.05, 4.69) is 9.97 Å². The second kappa shape index (κ2) is 4.74. The predicted molar refractivity (Wildman–Crippen MR) is 56.4 cm³/mol. The van der Waals surface area contributed by atoms with Crippen LogP contribution in [0.4, 0.5) is 4.39 Å². The molecule has 0 atom stereocenters. The molecule has 0 bridgehead atoms. The van der Waals surface area contributed by atoms with Crippen LogP contribution in [0.15, 0.2) is 30.7 Å². The van der Waals surface area contributed by atoms with Gasteiger partial charge in [-0.15, -0.1) is 0 Å². The first-order valence-corrected chi connectivity index (χ1v) is 5.04. The van der Waals surface area contributed by atoms with Crippen molar-refractivity contribution in [1.29, 1.82) is 0 Å². The van der Waals surface area contributed by atoms with E-state index in [9.17, 15) is 4.39 Å². The fourth-order valence-corrected chi connectivity index (χ4v) is 1.39. The van der Waals surface area contributed by atoms with Crippen LogP contribution in [-0.2, 0) is 13.2 Å². The summed E-state index contributed by atoms with van der Waals surface area (Å²) in [6, 6.07) is 3.17. The molecular weight excluding hydrogens is 209 g/mol. The first kappa shape index (κ1) is 10.6. The van der Waals surface area contributed by atoms with Gasteiger partial charge in [0.1, 0.15) is 12.4 Å². The average Bonchev–Trinajstić information content (AvgIpc) is 2.75. The summed E-state index contributed by atoms with van der Waals surface area (Å²) in [6.45, 7) is 3.06. The average molecular weight is 221 g/mol. The molecule has 0 N–H and O–H groups in total. The van der Waals surface area contributed by atoms with Gasteiger partial charge in [0.25, 0.3) is 5.95 Å². The Morgan fingerprint density at radius 3 is 3.00 bits per heavy atom. The zero-order valence-corrected chi connectivity index (χ0v) is 8.93. The van der Waals surface area contributed by atoms with Gasteiger partial charge in [0.2, 0.25) is 0 Å². The Hall–Kier alpha value is -1.91. The molecule has 0 saturated heterocycles. The Labute approximate surface area is 92.7 Å². The normalized spacial score (nSPS) is 10.4. The standard InChI is InChI=1S/C11H12FN3O/c1-2-15-7-6-13-10(15)8-16-9-4-3-5-14-11(9)12/h3-7H,2,8H2,1H3. The van der Waals surface area contributed by atoms with Crippen molar-refractivity contribution < 1.29 is 9.13 Å². The van der Waals surface area contributed by atoms with Gasteiger partial charge in [-0.25, -0.2) is 9.97 Å². The molecule has 16 heavy (non-hydrogen) atoms. The molecule has 2 rings (SSSR count). The molecule has 0 fully saturated rings. The number of rotatable bonds is 4. The quantitative estimate of drug-likeness (QED) is 0.741. The number of imidazole rings is 1. The van der Waals surface area contributed by atoms with Crippen LogP contribution < -0.4 is 4.74 Å². The van der Waals surface area contributed by atoms with Crippen LogP contribution >= 0.6 is 0 Å². The van der Waals surface area contributed by atoms with Crippen LogP contribution in [0.25, 0.3) is 0 Å². The van der Waals surface area contributed by atoms with Gasteiger partial charge in [-0.2, -0.15) is 4.39 Å². The van der Waals surface area contributed by atoms with E-state index < -0.39 is 5.95 Å². The lowest BCUT2D eigenvalue weighted by molar-refractivity contribution is 0.272. The molecule has 0 amide bonds. The molecule has 2 aromatic rings. The predicted octanol–water partition coefficient (Wildman–Crippen LogP) is 2.02. The molecule has 84 valence electrons. The third-order valence-corrected chi connectivity index (χ3v) is 2.22. The van der Waals surface area contributed by atoms with Crippen molar-refractivity contribution in [2.75, 3.05) is 0 Å². The highest BCUT2D eigenvalue weighted by molar-refractivity contribution is 5.17. The highest BCUT2D eigenvalue weighted by Gasteiger charge is 2.06. The van der Waals surface area contributed by atoms with Crippen LogP contribution in [0.3, 0.4) is 0 Å². The van der Waals surface area contributed by atoms with Gasteiger partial charge >= 0.3 is 0 Å². The minimum Gasteiger partial charge on any atom is -0.481 e. The van der Waals surface area contributed by atoms with Crippen molar-refractivity contribution in [2.45, 2.75) is 20.1 Å². The minimum absolute atomic E-state index is 0.146. The van der Waals surface area contributed by atoms with Crippen molar-refractivity contribution in [1.82, 2.24) is 14.5 Å². The van der Waals surface area contributed by atoms with Gasteiger partial charge in [-0.3, -0.25) is 0 Å². The number of aromatic nitrogens is 3. The van der Waals surface area contributed by atoms with E-state index in [0.29, 0.717) is 0 Å². The molecule has 0 aliphatic rings. The van der Waals surface area contributed by atoms with Crippen LogP contribution in [-0.4, -0.2) is 14.5 Å². The number of nitrogens with zero attached hydrogens (tertiary/aromatic N) is 3. The van der Waals surface area contributed by atoms with Gasteiger partial charge in [-0.05, 0) is 19.1 Å². The molecule has 0 aromatic carbocycles. The van der Waals surface area contributed by atoms with E-state index >= 15 is 0 Å². The van der Waals surface area contributed by atoms with Gasteiger partial charge in [0, 0.05) is 25.1 Å². The summed E-state index contributed by atoms with van der Waals surface area (Å²) >= 11 is 0. The highest BCUT2D eigenvalue weighted by atomic mass is 19.1. The van der Waals surface area contributed by atoms with Crippen molar-refractivity contribution in [3.05, 3.63) is 42.5 Å². The molecule has 0 radical (unpaired) electrons. The molecule has 0 aliphatic heterocycles. The Balaban J connectivity index is 2.05. The van der Waals surface area contributed by atoms with Crippen LogP contribution in [0, 0.1) is 5.95 Å². The molecule has 4 nitrogen and oxygen atoms in total. The highest BCUT2D eigenvalue weighted by Crippen LogP contribution is 2.14. The van der Waals surface area contributed by atoms with Gasteiger partial charge in [0.15, 0.2) is 5.75 Å². The van der Waals surface area contributed by atoms with Crippen LogP contribution in [0.2, 0.25) is 0 Å². The van der Waals surface area contributed by atoms with Crippen molar-refractivity contribution in [2.24, 2.45) is 0 Å². The molecule has 0 spiro atoms. The van der Waals surface area contributed by atoms with E-state index in [1.807, 2.05) is 17.7 Å². The maximum Gasteiger partial charge on any atom is 0.255 e. The van der Waals surface area contributed by atoms with E-state index in [-0.39, 0.29) is 12.4 Å². The Kier molecular flexibility index (Phi) is 3.14. The number of aryl methyl sites for hydroxylation is 1. The number of halogens is 1. The molecule has 0 aliphatic carbocycles. The van der Waals surface area contributed by atoms with E-state index in [1.165, 1.54) is 6.20 Å². The van der Waals surface area contributed by atoms with E-state index in [0.717, 1.165) is 12.4 Å². The lowest BCUT2D eigenvalue weighted by atomic mass is 10.4. The first-order valence-electron chi connectivity index (χ1n) is 5.04. The fourth-order valence-electron chi connectivity index (χ4n) is 1.39. The number of ether oxygens (including phenoxy) is 1. The minimum atomic E-state index is -0.600. The lowest BCUT2D eigenvalue weighted by Crippen LogP contribution is -2.06. The molecular formula is C11H12FN3O. The van der Waals surface area contributed by atoms with E-state index in [4.69, 9.17) is 4.74 Å². The van der Waals surface area contributed by atoms with Crippen LogP contribution in [0.1, 0.15) is 12.7 Å². The van der Waals surface area contributed by atoms with Gasteiger partial charge in [0.05, 0.1) is 0 Å². The summed E-state index contributed by atoms with van der Waals surface area (Å²) in [5, 5.41) is 0. The van der Waals surface area contributed by atoms with Crippen molar-refractivity contribution >= 4 is 0 Å². The Bertz CT molecular complexity index is 470. The van der Waals surface area contributed by atoms with E-state index in [1.54, 1.807) is 18.3 Å². The first-order chi connectivity index (χ1) is 7.81. The summed E-state index contributed by atoms with van der Waals surface area (Å²) < 4.78 is 20.4. The Morgan fingerprint density at radius 1 is 1.38 bits per heavy atom. The van der Waals surface area contributed by atoms with Gasteiger partial charge < -0.3 is 9.30 Å². The number of pyridine rings is 1. The van der Waals surface area contributed by atoms with Gasteiger partial charge in [-0.1, -0.05) is 0 Å². The zero-order valence-electron chi connectivity index (χ0n) is 8.93. The second-order valence-electron chi connectivity index (χ2n) is 3.21. The summed E-state index contributed by atoms with van der Waals surface area (Å²) in [7, 11) is 0. The second-order valence-corrected chi connectivity index (χ2v) is 3.21. The number of hydrogen-bond donors (Lipinski definition) is 0. The largest absolute Gasteiger partial charge is 0.481 e. The molecule has 2 aromatic heterocycles. The van der Waals surface area contributed by atoms with Crippen LogP contribution in [0.5, 0.6) is 5.75 Å². The maximum absolute atomic E-state index is 13.1. The summed E-state index contributed by atoms with van der Waals surface area (Å²) in [5.74, 6) is 0.316. The monoisotopic (exact) mass is 221 g/mol. The van der Waals surface area contributed by atoms with Crippen molar-refractivity contribution in [3.8, 4) is 5.75 Å². The fraction of sp³-hybridized carbons (Fsp3) is 0.273. The molecule has 2 heterocycles. The third-order valence-electron chi connectivity index (χ3n) is 2.22.